The minimum Gasteiger partial charge on any atom is -0.412 e. The Kier molecular flexibility index (Phi) is 30.2. The molecule has 0 atom stereocenters. The summed E-state index contributed by atoms with van der Waals surface area (Å²) in [6, 6.07) is 24.7. The molecule has 3 aromatic carbocycles. The van der Waals surface area contributed by atoms with Crippen LogP contribution in [-0.4, -0.2) is 97.6 Å². The maximum atomic E-state index is 7.02. The first kappa shape index (κ1) is 85.5. The highest BCUT2D eigenvalue weighted by Crippen LogP contribution is 2.42. The second kappa shape index (κ2) is 33.6. The molecule has 0 saturated heterocycles. The van der Waals surface area contributed by atoms with E-state index in [0.717, 1.165) is 64.8 Å². The van der Waals surface area contributed by atoms with Crippen molar-refractivity contribution in [2.75, 3.05) is 39.6 Å². The Hall–Kier alpha value is -3.75. The Morgan fingerprint density at radius 3 is 0.558 bits per heavy atom. The lowest BCUT2D eigenvalue weighted by molar-refractivity contribution is 0.308. The lowest BCUT2D eigenvalue weighted by atomic mass is 10.1. The normalized spacial score (nSPS) is 14.1. The van der Waals surface area contributed by atoms with E-state index in [2.05, 4.69) is 365 Å². The SMILES string of the molecule is CC(C)(C)[Si](C)(C)OC/C(C#Cc1ccc(I)cc1)=C(\C#Cc1ccc(C#C/C(CO[Si](C)(C)C(C)(C)C)=C(/C#Cc2ccc(C#C/C(CO[Si](C)(C)C(C)(C)C)=C(/C#C[Si](C)(C)C)CO[Si](C)(C)C(C)(C)C)cc2)CO[Si](C)(C)C(C)(C)C)cc1)CO[Si](C)(C)C(C)(C)C. The van der Waals surface area contributed by atoms with Gasteiger partial charge in [-0.25, -0.2) is 0 Å². The third-order valence-electron chi connectivity index (χ3n) is 20.4. The van der Waals surface area contributed by atoms with Crippen LogP contribution in [0.25, 0.3) is 0 Å². The summed E-state index contributed by atoms with van der Waals surface area (Å²) < 4.78 is 42.8. The Morgan fingerprint density at radius 2 is 0.411 bits per heavy atom. The summed E-state index contributed by atoms with van der Waals surface area (Å²) in [5.41, 5.74) is 13.1. The topological polar surface area (TPSA) is 55.4 Å². The van der Waals surface area contributed by atoms with Gasteiger partial charge in [-0.05, 0) is 204 Å². The maximum absolute atomic E-state index is 7.02. The molecule has 0 heterocycles. The molecule has 0 unspecified atom stereocenters. The molecule has 0 aliphatic carbocycles. The minimum atomic E-state index is -2.25. The molecule has 0 aliphatic heterocycles. The van der Waals surface area contributed by atoms with Crippen molar-refractivity contribution in [3.63, 3.8) is 0 Å². The van der Waals surface area contributed by atoms with Crippen molar-refractivity contribution in [3.05, 3.63) is 138 Å². The standard InChI is InChI=1S/C81H123IO6Si7/c1-76(2,3)90(22,23)83-58-69(49-42-64-34-36-65(37-35-64)44-51-71(60-85-92(26,27)78(7,8)9)72(61-86-93(28,29)79(10,11)12)52-46-68-47-54-75(82)55-48-68)70(59-84-91(24,25)77(4,5)6)50-43-66-38-40-67(41-39-66)45-53-73(62-87-94(30,31)80(13,14)15)74(56-57-89(19,20)21)63-88-95(32,33)81(16,17)18/h34-41,47-48,54-55H,58-63H2,1-33H3/b70-69+,72-71+,74-73+. The molecule has 6 nitrogen and oxygen atoms in total. The van der Waals surface area contributed by atoms with Crippen LogP contribution in [0.2, 0.25) is 128 Å². The fourth-order valence-corrected chi connectivity index (χ4v) is 13.3. The van der Waals surface area contributed by atoms with Gasteiger partial charge in [0.15, 0.2) is 49.9 Å². The minimum absolute atomic E-state index is 0.00801. The first-order valence-corrected chi connectivity index (χ1v) is 56.0. The Bertz CT molecular complexity index is 3610. The van der Waals surface area contributed by atoms with Gasteiger partial charge in [-0.3, -0.25) is 0 Å². The number of rotatable bonds is 18. The lowest BCUT2D eigenvalue weighted by Crippen LogP contribution is -2.42. The summed E-state index contributed by atoms with van der Waals surface area (Å²) in [4.78, 5) is 0. The predicted molar refractivity (Wildman–Crippen MR) is 438 cm³/mol. The van der Waals surface area contributed by atoms with E-state index in [1.807, 2.05) is 24.3 Å². The fourth-order valence-electron chi connectivity index (χ4n) is 6.81. The number of benzene rings is 3. The molecule has 0 aromatic heterocycles. The molecule has 3 aromatic rings. The molecule has 518 valence electrons. The quantitative estimate of drug-likeness (QED) is 0.0719. The average molecular weight is 1520 g/mol. The van der Waals surface area contributed by atoms with Gasteiger partial charge in [0, 0.05) is 64.8 Å². The second-order valence-corrected chi connectivity index (χ2v) is 70.4. The van der Waals surface area contributed by atoms with Crippen molar-refractivity contribution in [1.82, 2.24) is 0 Å². The van der Waals surface area contributed by atoms with Gasteiger partial charge in [-0.15, -0.1) is 5.54 Å². The summed E-state index contributed by atoms with van der Waals surface area (Å²) in [6.45, 7) is 77.2. The molecule has 0 N–H and O–H groups in total. The zero-order chi connectivity index (χ0) is 72.9. The highest BCUT2D eigenvalue weighted by molar-refractivity contribution is 14.1. The van der Waals surface area contributed by atoms with Crippen molar-refractivity contribution in [2.45, 2.75) is 253 Å². The van der Waals surface area contributed by atoms with E-state index in [0.29, 0.717) is 39.6 Å². The fraction of sp³-hybridized carbons (Fsp3) is 0.556. The van der Waals surface area contributed by atoms with Gasteiger partial charge in [0.05, 0.1) is 39.6 Å². The summed E-state index contributed by atoms with van der Waals surface area (Å²) in [5, 5.41) is 0.0534. The monoisotopic (exact) mass is 1510 g/mol. The second-order valence-electron chi connectivity index (χ2n) is 35.6. The molecule has 0 aliphatic rings. The summed E-state index contributed by atoms with van der Waals surface area (Å²) in [5.74, 6) is 39.1. The van der Waals surface area contributed by atoms with Crippen molar-refractivity contribution in [3.8, 4) is 70.7 Å². The predicted octanol–water partition coefficient (Wildman–Crippen LogP) is 22.4. The van der Waals surface area contributed by atoms with Crippen molar-refractivity contribution in [1.29, 1.82) is 0 Å². The van der Waals surface area contributed by atoms with Crippen LogP contribution in [0, 0.1) is 74.2 Å². The molecule has 3 rings (SSSR count). The van der Waals surface area contributed by atoms with Crippen molar-refractivity contribution >= 4 is 80.6 Å². The molecule has 95 heavy (non-hydrogen) atoms. The average Bonchev–Trinajstić information content (AvgIpc) is 0.863. The highest BCUT2D eigenvalue weighted by atomic mass is 127. The summed E-state index contributed by atoms with van der Waals surface area (Å²) in [6.07, 6.45) is 0. The summed E-state index contributed by atoms with van der Waals surface area (Å²) >= 11 is 2.33. The van der Waals surface area contributed by atoms with Crippen molar-refractivity contribution in [2.24, 2.45) is 0 Å². The van der Waals surface area contributed by atoms with Crippen LogP contribution in [0.3, 0.4) is 0 Å². The number of halogens is 1. The van der Waals surface area contributed by atoms with Crippen LogP contribution in [0.1, 0.15) is 152 Å². The maximum Gasteiger partial charge on any atom is 0.192 e. The van der Waals surface area contributed by atoms with Crippen molar-refractivity contribution < 1.29 is 26.6 Å². The van der Waals surface area contributed by atoms with Crippen LogP contribution in [0.5, 0.6) is 0 Å². The Labute approximate surface area is 603 Å². The molecule has 0 radical (unpaired) electrons. The third-order valence-corrected chi connectivity index (χ3v) is 48.8. The van der Waals surface area contributed by atoms with Crippen LogP contribution >= 0.6 is 22.6 Å². The molecule has 0 amide bonds. The number of hydrogen-bond donors (Lipinski definition) is 0. The van der Waals surface area contributed by atoms with Gasteiger partial charge in [0.2, 0.25) is 0 Å². The lowest BCUT2D eigenvalue weighted by Gasteiger charge is -2.37. The van der Waals surface area contributed by atoms with Crippen LogP contribution in [-0.2, 0) is 26.6 Å². The van der Waals surface area contributed by atoms with Crippen LogP contribution < -0.4 is 0 Å². The summed E-state index contributed by atoms with van der Waals surface area (Å²) in [7, 11) is -14.9. The van der Waals surface area contributed by atoms with Gasteiger partial charge in [0.1, 0.15) is 8.07 Å². The smallest absolute Gasteiger partial charge is 0.192 e. The zero-order valence-corrected chi connectivity index (χ0v) is 74.7. The first-order chi connectivity index (χ1) is 42.9. The van der Waals surface area contributed by atoms with Gasteiger partial charge in [-0.2, -0.15) is 0 Å². The molecule has 0 saturated carbocycles. The number of hydrogen-bond acceptors (Lipinski definition) is 6. The first-order valence-electron chi connectivity index (χ1n) is 34.0. The Balaban J connectivity index is 2.36. The largest absolute Gasteiger partial charge is 0.412 e. The van der Waals surface area contributed by atoms with E-state index in [1.54, 1.807) is 0 Å². The van der Waals surface area contributed by atoms with Gasteiger partial charge in [0.25, 0.3) is 0 Å². The zero-order valence-electron chi connectivity index (χ0n) is 65.5. The van der Waals surface area contributed by atoms with Crippen LogP contribution in [0.4, 0.5) is 0 Å². The van der Waals surface area contributed by atoms with Crippen LogP contribution in [0.15, 0.2) is 106 Å². The van der Waals surface area contributed by atoms with Gasteiger partial charge >= 0.3 is 0 Å². The molecule has 0 fully saturated rings. The third kappa shape index (κ3) is 27.7. The molecular weight excluding hydrogens is 1390 g/mol. The van der Waals surface area contributed by atoms with E-state index >= 15 is 0 Å². The van der Waals surface area contributed by atoms with E-state index in [4.69, 9.17) is 26.6 Å². The van der Waals surface area contributed by atoms with Gasteiger partial charge in [-0.1, -0.05) is 209 Å². The van der Waals surface area contributed by atoms with E-state index in [-0.39, 0.29) is 30.2 Å². The molecule has 0 spiro atoms. The van der Waals surface area contributed by atoms with Gasteiger partial charge < -0.3 is 26.6 Å². The molecule has 0 bridgehead atoms. The van der Waals surface area contributed by atoms with E-state index < -0.39 is 58.0 Å². The Morgan fingerprint density at radius 1 is 0.263 bits per heavy atom. The molecule has 14 heteroatoms. The van der Waals surface area contributed by atoms with E-state index in [9.17, 15) is 0 Å². The van der Waals surface area contributed by atoms with E-state index in [1.165, 1.54) is 0 Å². The molecular formula is C81H123IO6Si7. The highest BCUT2D eigenvalue weighted by Gasteiger charge is 2.42.